The van der Waals surface area contributed by atoms with E-state index in [-0.39, 0.29) is 22.9 Å². The standard InChI is InChI=1S/C11H20O3S/c1-4-9(12)7(2)5-6-10(13)8(3)11(14)15/h7-9,12H,4-6H2,1-3H3,(H,14,15)/t7-,8+,9-/m1/s1. The van der Waals surface area contributed by atoms with Gasteiger partial charge in [0.15, 0.2) is 5.12 Å². The molecule has 1 N–H and O–H groups in total. The van der Waals surface area contributed by atoms with E-state index in [0.717, 1.165) is 0 Å². The first-order valence-corrected chi connectivity index (χ1v) is 5.78. The van der Waals surface area contributed by atoms with Crippen molar-refractivity contribution >= 4 is 23.5 Å². The lowest BCUT2D eigenvalue weighted by atomic mass is 9.93. The Balaban J connectivity index is 3.95. The second-order valence-electron chi connectivity index (χ2n) is 4.02. The van der Waals surface area contributed by atoms with Crippen LogP contribution in [-0.4, -0.2) is 22.1 Å². The molecule has 0 aliphatic heterocycles. The number of aliphatic hydroxyl groups is 1. The third-order valence-electron chi connectivity index (χ3n) is 2.77. The van der Waals surface area contributed by atoms with Gasteiger partial charge >= 0.3 is 0 Å². The van der Waals surface area contributed by atoms with Gasteiger partial charge in [-0.25, -0.2) is 0 Å². The van der Waals surface area contributed by atoms with E-state index in [2.05, 4.69) is 12.6 Å². The fraction of sp³-hybridized carbons (Fsp3) is 0.818. The molecule has 0 amide bonds. The largest absolute Gasteiger partial charge is 0.393 e. The number of thiol groups is 1. The maximum absolute atomic E-state index is 11.4. The summed E-state index contributed by atoms with van der Waals surface area (Å²) in [5.74, 6) is -0.620. The van der Waals surface area contributed by atoms with Gasteiger partial charge in [-0.3, -0.25) is 9.59 Å². The summed E-state index contributed by atoms with van der Waals surface area (Å²) in [5.41, 5.74) is 0. The van der Waals surface area contributed by atoms with Gasteiger partial charge in [-0.1, -0.05) is 13.8 Å². The van der Waals surface area contributed by atoms with Crippen LogP contribution in [0.15, 0.2) is 0 Å². The van der Waals surface area contributed by atoms with Crippen LogP contribution < -0.4 is 0 Å². The second-order valence-corrected chi connectivity index (χ2v) is 4.46. The number of Topliss-reactive ketones (excluding diaryl/α,β-unsaturated/α-hetero) is 1. The average Bonchev–Trinajstić information content (AvgIpc) is 2.22. The first-order valence-electron chi connectivity index (χ1n) is 5.33. The highest BCUT2D eigenvalue weighted by molar-refractivity contribution is 7.96. The highest BCUT2D eigenvalue weighted by atomic mass is 32.1. The fourth-order valence-electron chi connectivity index (χ4n) is 1.32. The van der Waals surface area contributed by atoms with Crippen molar-refractivity contribution in [3.8, 4) is 0 Å². The number of carbonyl (C=O) groups is 2. The monoisotopic (exact) mass is 232 g/mol. The number of ketones is 1. The van der Waals surface area contributed by atoms with Gasteiger partial charge in [0.25, 0.3) is 0 Å². The lowest BCUT2D eigenvalue weighted by molar-refractivity contribution is -0.128. The highest BCUT2D eigenvalue weighted by Gasteiger charge is 2.20. The Hall–Kier alpha value is -0.350. The molecule has 0 fully saturated rings. The summed E-state index contributed by atoms with van der Waals surface area (Å²) >= 11 is 3.63. The number of carbonyl (C=O) groups excluding carboxylic acids is 2. The minimum Gasteiger partial charge on any atom is -0.393 e. The van der Waals surface area contributed by atoms with E-state index in [1.54, 1.807) is 6.92 Å². The lowest BCUT2D eigenvalue weighted by Gasteiger charge is -2.17. The smallest absolute Gasteiger partial charge is 0.196 e. The summed E-state index contributed by atoms with van der Waals surface area (Å²) in [7, 11) is 0. The van der Waals surface area contributed by atoms with Crippen LogP contribution in [0, 0.1) is 11.8 Å². The predicted octanol–water partition coefficient (Wildman–Crippen LogP) is 1.84. The predicted molar refractivity (Wildman–Crippen MR) is 62.9 cm³/mol. The van der Waals surface area contributed by atoms with Gasteiger partial charge in [0.2, 0.25) is 0 Å². The van der Waals surface area contributed by atoms with Crippen molar-refractivity contribution in [2.75, 3.05) is 0 Å². The summed E-state index contributed by atoms with van der Waals surface area (Å²) < 4.78 is 0. The van der Waals surface area contributed by atoms with Crippen LogP contribution in [-0.2, 0) is 9.59 Å². The van der Waals surface area contributed by atoms with E-state index in [1.165, 1.54) is 0 Å². The summed E-state index contributed by atoms with van der Waals surface area (Å²) in [6, 6.07) is 0. The average molecular weight is 232 g/mol. The van der Waals surface area contributed by atoms with E-state index in [1.807, 2.05) is 13.8 Å². The molecule has 88 valence electrons. The molecule has 0 aliphatic carbocycles. The molecule has 0 heterocycles. The number of hydrogen-bond acceptors (Lipinski definition) is 3. The Kier molecular flexibility index (Phi) is 6.85. The third-order valence-corrected chi connectivity index (χ3v) is 3.16. The molecule has 0 aromatic heterocycles. The van der Waals surface area contributed by atoms with E-state index >= 15 is 0 Å². The van der Waals surface area contributed by atoms with Crippen LogP contribution in [0.5, 0.6) is 0 Å². The molecule has 3 nitrogen and oxygen atoms in total. The second kappa shape index (κ2) is 7.01. The van der Waals surface area contributed by atoms with E-state index in [9.17, 15) is 14.7 Å². The summed E-state index contributed by atoms with van der Waals surface area (Å²) in [6.45, 7) is 5.38. The lowest BCUT2D eigenvalue weighted by Crippen LogP contribution is -2.21. The number of aliphatic hydroxyl groups excluding tert-OH is 1. The molecule has 15 heavy (non-hydrogen) atoms. The quantitative estimate of drug-likeness (QED) is 0.520. The van der Waals surface area contributed by atoms with E-state index in [4.69, 9.17) is 0 Å². The Labute approximate surface area is 96.7 Å². The molecule has 0 radical (unpaired) electrons. The first-order chi connectivity index (χ1) is 6.90. The van der Waals surface area contributed by atoms with E-state index < -0.39 is 5.92 Å². The van der Waals surface area contributed by atoms with Gasteiger partial charge in [0, 0.05) is 6.42 Å². The molecule has 4 heteroatoms. The molecular weight excluding hydrogens is 212 g/mol. The van der Waals surface area contributed by atoms with E-state index in [0.29, 0.717) is 19.3 Å². The van der Waals surface area contributed by atoms with Gasteiger partial charge in [-0.05, 0) is 25.7 Å². The maximum Gasteiger partial charge on any atom is 0.196 e. The Morgan fingerprint density at radius 1 is 1.33 bits per heavy atom. The van der Waals surface area contributed by atoms with Gasteiger partial charge in [-0.2, -0.15) is 0 Å². The van der Waals surface area contributed by atoms with Gasteiger partial charge in [-0.15, -0.1) is 12.6 Å². The normalized spacial score (nSPS) is 16.9. The van der Waals surface area contributed by atoms with Crippen LogP contribution in [0.4, 0.5) is 0 Å². The summed E-state index contributed by atoms with van der Waals surface area (Å²) in [4.78, 5) is 22.3. The molecule has 0 rings (SSSR count). The van der Waals surface area contributed by atoms with Crippen molar-refractivity contribution < 1.29 is 14.7 Å². The third kappa shape index (κ3) is 5.33. The number of hydrogen-bond donors (Lipinski definition) is 2. The molecule has 0 aliphatic rings. The molecule has 0 spiro atoms. The minimum atomic E-state index is -0.626. The van der Waals surface area contributed by atoms with Gasteiger partial charge in [0.1, 0.15) is 5.78 Å². The van der Waals surface area contributed by atoms with Crippen molar-refractivity contribution in [1.29, 1.82) is 0 Å². The Bertz CT molecular complexity index is 228. The number of rotatable bonds is 7. The molecular formula is C11H20O3S. The van der Waals surface area contributed by atoms with Crippen molar-refractivity contribution in [3.63, 3.8) is 0 Å². The zero-order valence-electron chi connectivity index (χ0n) is 9.56. The summed E-state index contributed by atoms with van der Waals surface area (Å²) in [6.07, 6.45) is 1.29. The molecule has 0 aromatic carbocycles. The zero-order valence-corrected chi connectivity index (χ0v) is 10.5. The Morgan fingerprint density at radius 3 is 2.27 bits per heavy atom. The van der Waals surface area contributed by atoms with Crippen LogP contribution in [0.3, 0.4) is 0 Å². The zero-order chi connectivity index (χ0) is 12.0. The SMILES string of the molecule is CC[C@@H](O)[C@H](C)CCC(=O)[C@H](C)C(=O)S. The van der Waals surface area contributed by atoms with Gasteiger partial charge < -0.3 is 5.11 Å². The molecule has 0 bridgehead atoms. The minimum absolute atomic E-state index is 0.0925. The van der Waals surface area contributed by atoms with Crippen LogP contribution in [0.1, 0.15) is 40.0 Å². The van der Waals surface area contributed by atoms with Crippen molar-refractivity contribution in [2.24, 2.45) is 11.8 Å². The maximum atomic E-state index is 11.4. The van der Waals surface area contributed by atoms with Crippen molar-refractivity contribution in [1.82, 2.24) is 0 Å². The van der Waals surface area contributed by atoms with Crippen LogP contribution in [0.25, 0.3) is 0 Å². The molecule has 0 saturated carbocycles. The molecule has 0 aromatic rings. The van der Waals surface area contributed by atoms with Crippen molar-refractivity contribution in [2.45, 2.75) is 46.1 Å². The molecule has 3 atom stereocenters. The van der Waals surface area contributed by atoms with Crippen LogP contribution in [0.2, 0.25) is 0 Å². The summed E-state index contributed by atoms with van der Waals surface area (Å²) in [5, 5.41) is 9.11. The highest BCUT2D eigenvalue weighted by Crippen LogP contribution is 2.16. The van der Waals surface area contributed by atoms with Crippen LogP contribution >= 0.6 is 12.6 Å². The van der Waals surface area contributed by atoms with Gasteiger partial charge in [0.05, 0.1) is 12.0 Å². The van der Waals surface area contributed by atoms with Crippen molar-refractivity contribution in [3.05, 3.63) is 0 Å². The first kappa shape index (κ1) is 14.6. The topological polar surface area (TPSA) is 54.4 Å². The molecule has 0 unspecified atom stereocenters. The molecule has 0 saturated heterocycles. The Morgan fingerprint density at radius 2 is 1.87 bits per heavy atom. The fourth-order valence-corrected chi connectivity index (χ4v) is 1.46.